The third-order valence-electron chi connectivity index (χ3n) is 5.71. The number of alkyl halides is 2. The Kier molecular flexibility index (Phi) is 7.24. The van der Waals surface area contributed by atoms with Crippen LogP contribution < -0.4 is 15.5 Å². The lowest BCUT2D eigenvalue weighted by molar-refractivity contribution is 0.104. The number of rotatable bonds is 5. The smallest absolute Gasteiger partial charge is 0.314 e. The number of carbonyl (C=O) groups is 1. The molecule has 3 aromatic rings. The molecular weight excluding hydrogens is 481 g/mol. The van der Waals surface area contributed by atoms with Gasteiger partial charge in [-0.2, -0.15) is 8.78 Å². The standard InChI is InChI=1S/C23H24ClF2N6OP/c1-27-22(33)30-16-7-10-32(11-8-16)19-13-29-20(14-2-4-15(5-3-14)23(25,26)34)21(31-19)17-6-9-28-12-18(17)24/h2-6,9,12-13,16H,7-8,10-11,34H2,1H3,(H2,27,30,33). The Hall–Kier alpha value is -2.90. The van der Waals surface area contributed by atoms with Crippen molar-refractivity contribution in [2.75, 3.05) is 25.0 Å². The third kappa shape index (κ3) is 5.42. The molecule has 1 atom stereocenters. The Bertz CT molecular complexity index is 1170. The number of pyridine rings is 1. The minimum atomic E-state index is -3.01. The molecule has 1 unspecified atom stereocenters. The van der Waals surface area contributed by atoms with Crippen molar-refractivity contribution in [2.45, 2.75) is 24.5 Å². The molecule has 1 saturated heterocycles. The van der Waals surface area contributed by atoms with Crippen LogP contribution in [0.25, 0.3) is 22.5 Å². The molecule has 11 heteroatoms. The fraction of sp³-hybridized carbons (Fsp3) is 0.304. The van der Waals surface area contributed by atoms with Crippen LogP contribution in [0.2, 0.25) is 5.02 Å². The summed E-state index contributed by atoms with van der Waals surface area (Å²) in [5.74, 6) is 0.679. The van der Waals surface area contributed by atoms with Crippen LogP contribution in [0.1, 0.15) is 18.4 Å². The van der Waals surface area contributed by atoms with Gasteiger partial charge in [0.2, 0.25) is 0 Å². The largest absolute Gasteiger partial charge is 0.355 e. The minimum absolute atomic E-state index is 0.0888. The zero-order valence-electron chi connectivity index (χ0n) is 18.4. The SMILES string of the molecule is CNC(=O)NC1CCN(c2cnc(-c3ccc(C(F)(F)P)cc3)c(-c3ccncc3Cl)n2)CC1. The average molecular weight is 505 g/mol. The van der Waals surface area contributed by atoms with Crippen LogP contribution in [0.3, 0.4) is 0 Å². The van der Waals surface area contributed by atoms with Crippen LogP contribution in [0.15, 0.2) is 48.9 Å². The van der Waals surface area contributed by atoms with Gasteiger partial charge in [-0.25, -0.2) is 9.78 Å². The predicted octanol–water partition coefficient (Wildman–Crippen LogP) is 4.68. The van der Waals surface area contributed by atoms with Crippen LogP contribution in [-0.4, -0.2) is 47.2 Å². The number of nitrogens with one attached hydrogen (secondary N) is 2. The third-order valence-corrected chi connectivity index (χ3v) is 6.35. The summed E-state index contributed by atoms with van der Waals surface area (Å²) in [4.78, 5) is 27.3. The fourth-order valence-electron chi connectivity index (χ4n) is 3.86. The fourth-order valence-corrected chi connectivity index (χ4v) is 4.26. The minimum Gasteiger partial charge on any atom is -0.355 e. The summed E-state index contributed by atoms with van der Waals surface area (Å²) in [6.45, 7) is 1.40. The Morgan fingerprint density at radius 2 is 1.85 bits per heavy atom. The van der Waals surface area contributed by atoms with Crippen molar-refractivity contribution < 1.29 is 13.6 Å². The molecule has 0 radical (unpaired) electrons. The number of nitrogens with zero attached hydrogens (tertiary/aromatic N) is 4. The first-order chi connectivity index (χ1) is 16.3. The summed E-state index contributed by atoms with van der Waals surface area (Å²) in [7, 11) is 3.13. The van der Waals surface area contributed by atoms with E-state index in [1.54, 1.807) is 46.9 Å². The lowest BCUT2D eigenvalue weighted by atomic mass is 10.0. The second-order valence-corrected chi connectivity index (χ2v) is 9.10. The van der Waals surface area contributed by atoms with E-state index in [0.29, 0.717) is 46.4 Å². The van der Waals surface area contributed by atoms with Crippen LogP contribution in [0.5, 0.6) is 0 Å². The molecule has 2 aromatic heterocycles. The molecule has 4 rings (SSSR count). The highest BCUT2D eigenvalue weighted by atomic mass is 35.5. The number of carbonyl (C=O) groups excluding carboxylic acids is 1. The van der Waals surface area contributed by atoms with E-state index >= 15 is 0 Å². The summed E-state index contributed by atoms with van der Waals surface area (Å²) in [6.07, 6.45) is 6.37. The van der Waals surface area contributed by atoms with Crippen molar-refractivity contribution in [3.8, 4) is 22.5 Å². The lowest BCUT2D eigenvalue weighted by Gasteiger charge is -2.33. The molecule has 2 amide bonds. The maximum Gasteiger partial charge on any atom is 0.314 e. The number of urea groups is 1. The van der Waals surface area contributed by atoms with E-state index in [1.807, 2.05) is 0 Å². The van der Waals surface area contributed by atoms with Crippen LogP contribution in [-0.2, 0) is 5.66 Å². The van der Waals surface area contributed by atoms with Gasteiger partial charge in [0.15, 0.2) is 0 Å². The van der Waals surface area contributed by atoms with E-state index in [4.69, 9.17) is 16.6 Å². The molecular formula is C23H24ClF2N6OP. The highest BCUT2D eigenvalue weighted by Crippen LogP contribution is 2.38. The molecule has 0 bridgehead atoms. The van der Waals surface area contributed by atoms with Crippen molar-refractivity contribution in [1.82, 2.24) is 25.6 Å². The van der Waals surface area contributed by atoms with Crippen LogP contribution >= 0.6 is 20.8 Å². The highest BCUT2D eigenvalue weighted by Gasteiger charge is 2.26. The molecule has 178 valence electrons. The van der Waals surface area contributed by atoms with E-state index in [9.17, 15) is 13.6 Å². The predicted molar refractivity (Wildman–Crippen MR) is 132 cm³/mol. The van der Waals surface area contributed by atoms with Gasteiger partial charge >= 0.3 is 6.03 Å². The summed E-state index contributed by atoms with van der Waals surface area (Å²) in [6, 6.07) is 7.61. The topological polar surface area (TPSA) is 83.0 Å². The van der Waals surface area contributed by atoms with E-state index in [1.165, 1.54) is 18.3 Å². The normalized spacial score (nSPS) is 14.7. The lowest BCUT2D eigenvalue weighted by Crippen LogP contribution is -2.47. The number of anilines is 1. The van der Waals surface area contributed by atoms with Crippen molar-refractivity contribution in [1.29, 1.82) is 0 Å². The second kappa shape index (κ2) is 10.2. The number of halogens is 3. The molecule has 7 nitrogen and oxygen atoms in total. The van der Waals surface area contributed by atoms with Crippen LogP contribution in [0.4, 0.5) is 19.4 Å². The summed E-state index contributed by atoms with van der Waals surface area (Å²) < 4.78 is 27.3. The van der Waals surface area contributed by atoms with Crippen molar-refractivity contribution in [3.63, 3.8) is 0 Å². The van der Waals surface area contributed by atoms with Gasteiger partial charge in [-0.15, -0.1) is 0 Å². The zero-order valence-corrected chi connectivity index (χ0v) is 20.3. The van der Waals surface area contributed by atoms with Gasteiger partial charge in [-0.3, -0.25) is 9.97 Å². The van der Waals surface area contributed by atoms with E-state index in [0.717, 1.165) is 12.8 Å². The molecule has 1 aliphatic heterocycles. The monoisotopic (exact) mass is 504 g/mol. The van der Waals surface area contributed by atoms with Crippen LogP contribution in [0, 0.1) is 0 Å². The summed E-state index contributed by atoms with van der Waals surface area (Å²) in [5.41, 5.74) is -0.745. The van der Waals surface area contributed by atoms with Gasteiger partial charge in [0.05, 0.1) is 16.9 Å². The van der Waals surface area contributed by atoms with Gasteiger partial charge in [0.25, 0.3) is 5.66 Å². The molecule has 1 aromatic carbocycles. The van der Waals surface area contributed by atoms with E-state index in [2.05, 4.69) is 25.5 Å². The number of benzene rings is 1. The number of aromatic nitrogens is 3. The molecule has 34 heavy (non-hydrogen) atoms. The average Bonchev–Trinajstić information content (AvgIpc) is 2.84. The van der Waals surface area contributed by atoms with Gasteiger partial charge in [-0.1, -0.05) is 45.1 Å². The van der Waals surface area contributed by atoms with Crippen molar-refractivity contribution in [3.05, 3.63) is 59.5 Å². The second-order valence-electron chi connectivity index (χ2n) is 7.97. The molecule has 0 aliphatic carbocycles. The van der Waals surface area contributed by atoms with Gasteiger partial charge in [0, 0.05) is 55.3 Å². The van der Waals surface area contributed by atoms with Gasteiger partial charge in [0.1, 0.15) is 11.5 Å². The number of amides is 2. The highest BCUT2D eigenvalue weighted by molar-refractivity contribution is 7.17. The Balaban J connectivity index is 1.66. The van der Waals surface area contributed by atoms with E-state index in [-0.39, 0.29) is 17.6 Å². The molecule has 2 N–H and O–H groups in total. The first-order valence-corrected chi connectivity index (χ1v) is 11.7. The Morgan fingerprint density at radius 1 is 1.15 bits per heavy atom. The molecule has 1 aliphatic rings. The maximum absolute atomic E-state index is 13.6. The molecule has 0 spiro atoms. The number of hydrogen-bond donors (Lipinski definition) is 2. The number of hydrogen-bond acceptors (Lipinski definition) is 5. The van der Waals surface area contributed by atoms with Crippen molar-refractivity contribution in [2.24, 2.45) is 0 Å². The summed E-state index contributed by atoms with van der Waals surface area (Å²) >= 11 is 6.43. The zero-order chi connectivity index (χ0) is 24.3. The number of piperidine rings is 1. The van der Waals surface area contributed by atoms with Gasteiger partial charge in [-0.05, 0) is 18.9 Å². The maximum atomic E-state index is 13.6. The Labute approximate surface area is 203 Å². The molecule has 1 fully saturated rings. The van der Waals surface area contributed by atoms with Crippen molar-refractivity contribution >= 4 is 32.7 Å². The van der Waals surface area contributed by atoms with Gasteiger partial charge < -0.3 is 15.5 Å². The Morgan fingerprint density at radius 3 is 2.47 bits per heavy atom. The summed E-state index contributed by atoms with van der Waals surface area (Å²) in [5, 5.41) is 5.93. The van der Waals surface area contributed by atoms with E-state index < -0.39 is 5.66 Å². The molecule has 3 heterocycles. The quantitative estimate of drug-likeness (QED) is 0.493. The molecule has 0 saturated carbocycles. The first-order valence-electron chi connectivity index (χ1n) is 10.7. The first kappa shape index (κ1) is 24.2.